The summed E-state index contributed by atoms with van der Waals surface area (Å²) in [5, 5.41) is 6.15. The second-order valence-corrected chi connectivity index (χ2v) is 8.44. The number of benzene rings is 3. The molecule has 2 atom stereocenters. The highest BCUT2D eigenvalue weighted by Crippen LogP contribution is 2.32. The Morgan fingerprint density at radius 3 is 1.94 bits per heavy atom. The summed E-state index contributed by atoms with van der Waals surface area (Å²) in [6.07, 6.45) is 3.76. The maximum atomic E-state index is 13.1. The number of pyridine rings is 1. The van der Waals surface area contributed by atoms with Gasteiger partial charge in [-0.15, -0.1) is 0 Å². The van der Waals surface area contributed by atoms with Crippen molar-refractivity contribution in [2.45, 2.75) is 18.5 Å². The average Bonchev–Trinajstić information content (AvgIpc) is 3.25. The van der Waals surface area contributed by atoms with Crippen LogP contribution in [0.5, 0.6) is 0 Å². The van der Waals surface area contributed by atoms with E-state index in [0.717, 1.165) is 11.1 Å². The Balaban J connectivity index is 1.33. The van der Waals surface area contributed by atoms with E-state index in [1.807, 2.05) is 42.5 Å². The predicted octanol–water partition coefficient (Wildman–Crippen LogP) is 4.14. The molecule has 5 rings (SSSR count). The van der Waals surface area contributed by atoms with Gasteiger partial charge in [0.25, 0.3) is 11.8 Å². The minimum atomic E-state index is -0.380. The monoisotopic (exact) mass is 461 g/mol. The third-order valence-electron chi connectivity index (χ3n) is 6.22. The van der Waals surface area contributed by atoms with Gasteiger partial charge in [-0.3, -0.25) is 19.4 Å². The summed E-state index contributed by atoms with van der Waals surface area (Å²) >= 11 is 0. The van der Waals surface area contributed by atoms with E-state index in [-0.39, 0.29) is 29.7 Å². The summed E-state index contributed by atoms with van der Waals surface area (Å²) in [7, 11) is 0. The van der Waals surface area contributed by atoms with Crippen LogP contribution < -0.4 is 10.6 Å². The molecule has 0 fully saturated rings. The fraction of sp³-hybridized carbons (Fsp3) is 0.103. The zero-order chi connectivity index (χ0) is 24.2. The van der Waals surface area contributed by atoms with E-state index in [2.05, 4.69) is 15.6 Å². The Labute approximate surface area is 203 Å². The van der Waals surface area contributed by atoms with Gasteiger partial charge in [-0.05, 0) is 41.8 Å². The van der Waals surface area contributed by atoms with E-state index >= 15 is 0 Å². The second-order valence-electron chi connectivity index (χ2n) is 8.44. The minimum Gasteiger partial charge on any atom is -0.347 e. The summed E-state index contributed by atoms with van der Waals surface area (Å²) < 4.78 is 0. The van der Waals surface area contributed by atoms with E-state index in [9.17, 15) is 14.4 Å². The van der Waals surface area contributed by atoms with Gasteiger partial charge in [0.1, 0.15) is 0 Å². The third kappa shape index (κ3) is 4.73. The summed E-state index contributed by atoms with van der Waals surface area (Å²) in [6, 6.07) is 26.1. The van der Waals surface area contributed by atoms with Gasteiger partial charge in [0.15, 0.2) is 5.78 Å². The van der Waals surface area contributed by atoms with Crippen LogP contribution in [0, 0.1) is 0 Å². The molecular formula is C29H23N3O3. The lowest BCUT2D eigenvalue weighted by Crippen LogP contribution is -2.44. The molecule has 4 aromatic rings. The molecule has 1 aliphatic rings. The van der Waals surface area contributed by atoms with Crippen LogP contribution >= 0.6 is 0 Å². The first-order valence-electron chi connectivity index (χ1n) is 11.4. The normalized spacial score (nSPS) is 16.2. The van der Waals surface area contributed by atoms with Gasteiger partial charge in [0.2, 0.25) is 0 Å². The fourth-order valence-electron chi connectivity index (χ4n) is 4.42. The first-order chi connectivity index (χ1) is 17.1. The van der Waals surface area contributed by atoms with Crippen molar-refractivity contribution < 1.29 is 14.4 Å². The van der Waals surface area contributed by atoms with Gasteiger partial charge in [-0.2, -0.15) is 0 Å². The number of hydrogen-bond donors (Lipinski definition) is 2. The number of amides is 2. The number of rotatable bonds is 6. The van der Waals surface area contributed by atoms with Crippen LogP contribution in [0.1, 0.15) is 53.8 Å². The smallest absolute Gasteiger partial charge is 0.251 e. The molecule has 1 aromatic heterocycles. The molecule has 1 heterocycles. The molecule has 172 valence electrons. The highest BCUT2D eigenvalue weighted by Gasteiger charge is 2.34. The Morgan fingerprint density at radius 2 is 1.20 bits per heavy atom. The number of nitrogens with zero attached hydrogens (tertiary/aromatic N) is 1. The molecule has 0 spiro atoms. The molecule has 0 radical (unpaired) electrons. The van der Waals surface area contributed by atoms with E-state index < -0.39 is 0 Å². The summed E-state index contributed by atoms with van der Waals surface area (Å²) in [5.74, 6) is -0.581. The summed E-state index contributed by atoms with van der Waals surface area (Å²) in [4.78, 5) is 42.6. The highest BCUT2D eigenvalue weighted by atomic mass is 16.2. The number of nitrogens with one attached hydrogen (secondary N) is 2. The molecule has 3 aromatic carbocycles. The quantitative estimate of drug-likeness (QED) is 0.423. The van der Waals surface area contributed by atoms with Crippen LogP contribution in [0.3, 0.4) is 0 Å². The van der Waals surface area contributed by atoms with Gasteiger partial charge >= 0.3 is 0 Å². The van der Waals surface area contributed by atoms with Crippen molar-refractivity contribution in [3.8, 4) is 0 Å². The predicted molar refractivity (Wildman–Crippen MR) is 132 cm³/mol. The molecule has 1 aliphatic carbocycles. The number of carbonyl (C=O) groups is 3. The van der Waals surface area contributed by atoms with Crippen LogP contribution in [-0.2, 0) is 6.42 Å². The largest absolute Gasteiger partial charge is 0.347 e. The van der Waals surface area contributed by atoms with Gasteiger partial charge in [-0.1, -0.05) is 66.7 Å². The summed E-state index contributed by atoms with van der Waals surface area (Å²) in [5.41, 5.74) is 4.14. The minimum absolute atomic E-state index is 0.0961. The number of aromatic nitrogens is 1. The molecule has 0 saturated carbocycles. The fourth-order valence-corrected chi connectivity index (χ4v) is 4.42. The van der Waals surface area contributed by atoms with Crippen molar-refractivity contribution >= 4 is 17.6 Å². The van der Waals surface area contributed by atoms with E-state index in [4.69, 9.17) is 0 Å². The lowest BCUT2D eigenvalue weighted by Gasteiger charge is -2.23. The van der Waals surface area contributed by atoms with Gasteiger partial charge in [0.05, 0.1) is 12.1 Å². The standard InChI is InChI=1S/C29H23N3O3/c33-27(19-6-2-1-3-7-19)20-10-12-21(13-11-20)29(35)32-26-24-9-5-4-8-23(24)18-25(26)31-28(34)22-14-16-30-17-15-22/h1-17,25-26H,18H2,(H,31,34)(H,32,35)/t25-,26-/m1/s1. The molecule has 6 nitrogen and oxygen atoms in total. The number of hydrogen-bond acceptors (Lipinski definition) is 4. The topological polar surface area (TPSA) is 88.2 Å². The van der Waals surface area contributed by atoms with Crippen molar-refractivity contribution in [1.82, 2.24) is 15.6 Å². The Bertz CT molecular complexity index is 1370. The Hall–Kier alpha value is -4.58. The molecule has 2 N–H and O–H groups in total. The third-order valence-corrected chi connectivity index (χ3v) is 6.22. The average molecular weight is 462 g/mol. The van der Waals surface area contributed by atoms with Crippen molar-refractivity contribution in [1.29, 1.82) is 0 Å². The molecule has 35 heavy (non-hydrogen) atoms. The van der Waals surface area contributed by atoms with Gasteiger partial charge in [0, 0.05) is 34.6 Å². The van der Waals surface area contributed by atoms with Crippen molar-refractivity contribution in [2.24, 2.45) is 0 Å². The van der Waals surface area contributed by atoms with Crippen LogP contribution in [0.25, 0.3) is 0 Å². The van der Waals surface area contributed by atoms with Crippen molar-refractivity contribution in [3.63, 3.8) is 0 Å². The van der Waals surface area contributed by atoms with Crippen LogP contribution in [-0.4, -0.2) is 28.6 Å². The number of ketones is 1. The summed E-state index contributed by atoms with van der Waals surface area (Å²) in [6.45, 7) is 0. The van der Waals surface area contributed by atoms with Crippen LogP contribution in [0.4, 0.5) is 0 Å². The molecule has 2 amide bonds. The van der Waals surface area contributed by atoms with Crippen LogP contribution in [0.2, 0.25) is 0 Å². The molecule has 0 aliphatic heterocycles. The van der Waals surface area contributed by atoms with Gasteiger partial charge in [-0.25, -0.2) is 0 Å². The molecular weight excluding hydrogens is 438 g/mol. The lowest BCUT2D eigenvalue weighted by atomic mass is 10.0. The van der Waals surface area contributed by atoms with Crippen LogP contribution in [0.15, 0.2) is 103 Å². The Morgan fingerprint density at radius 1 is 0.629 bits per heavy atom. The second kappa shape index (κ2) is 9.73. The number of fused-ring (bicyclic) bond motifs is 1. The molecule has 0 saturated heterocycles. The molecule has 0 bridgehead atoms. The first-order valence-corrected chi connectivity index (χ1v) is 11.4. The van der Waals surface area contributed by atoms with E-state index in [1.165, 1.54) is 0 Å². The van der Waals surface area contributed by atoms with E-state index in [0.29, 0.717) is 28.7 Å². The number of carbonyl (C=O) groups excluding carboxylic acids is 3. The lowest BCUT2D eigenvalue weighted by molar-refractivity contribution is 0.0887. The Kier molecular flexibility index (Phi) is 6.18. The first kappa shape index (κ1) is 22.2. The van der Waals surface area contributed by atoms with Crippen molar-refractivity contribution in [2.75, 3.05) is 0 Å². The molecule has 0 unspecified atom stereocenters. The molecule has 6 heteroatoms. The highest BCUT2D eigenvalue weighted by molar-refractivity contribution is 6.09. The SMILES string of the molecule is O=C(N[C@@H]1c2ccccc2C[C@H]1NC(=O)c1ccncc1)c1ccc(C(=O)c2ccccc2)cc1. The van der Waals surface area contributed by atoms with Crippen molar-refractivity contribution in [3.05, 3.63) is 137 Å². The zero-order valence-electron chi connectivity index (χ0n) is 18.8. The zero-order valence-corrected chi connectivity index (χ0v) is 18.8. The van der Waals surface area contributed by atoms with E-state index in [1.54, 1.807) is 60.9 Å². The maximum absolute atomic E-state index is 13.1. The van der Waals surface area contributed by atoms with Gasteiger partial charge < -0.3 is 10.6 Å². The maximum Gasteiger partial charge on any atom is 0.251 e.